The monoisotopic (exact) mass is 606 g/mol. The predicted octanol–water partition coefficient (Wildman–Crippen LogP) is 6.77. The molecule has 4 aliphatic carbocycles. The molecule has 4 nitrogen and oxygen atoms in total. The maximum atomic E-state index is 13.3. The Hall–Kier alpha value is -1.54. The number of hydrogen-bond donors (Lipinski definition) is 4. The second kappa shape index (κ2) is 11.4. The third-order valence-electron chi connectivity index (χ3n) is 10.6. The van der Waals surface area contributed by atoms with Crippen LogP contribution in [-0.2, 0) is 0 Å². The minimum atomic E-state index is -5.98. The van der Waals surface area contributed by atoms with Crippen LogP contribution in [0.25, 0.3) is 0 Å². The van der Waals surface area contributed by atoms with E-state index in [0.29, 0.717) is 38.5 Å². The molecule has 0 bridgehead atoms. The number of aliphatic hydroxyl groups excluding tert-OH is 2. The fraction of sp³-hybridized carbons (Fsp3) is 0.812. The molecule has 0 aromatic carbocycles. The maximum absolute atomic E-state index is 13.3. The molecule has 0 aliphatic heterocycles. The third kappa shape index (κ3) is 6.60. The van der Waals surface area contributed by atoms with Gasteiger partial charge < -0.3 is 20.4 Å². The Morgan fingerprint density at radius 2 is 1.57 bits per heavy atom. The first-order chi connectivity index (χ1) is 19.2. The van der Waals surface area contributed by atoms with Crippen LogP contribution in [0.3, 0.4) is 0 Å². The summed E-state index contributed by atoms with van der Waals surface area (Å²) < 4.78 is 79.8. The van der Waals surface area contributed by atoms with Crippen molar-refractivity contribution in [1.82, 2.24) is 0 Å². The van der Waals surface area contributed by atoms with Crippen LogP contribution in [0.2, 0.25) is 0 Å². The highest BCUT2D eigenvalue weighted by Gasteiger charge is 2.70. The van der Waals surface area contributed by atoms with E-state index in [0.717, 1.165) is 37.7 Å². The van der Waals surface area contributed by atoms with Gasteiger partial charge in [0.25, 0.3) is 0 Å². The van der Waals surface area contributed by atoms with Gasteiger partial charge in [0.1, 0.15) is 0 Å². The Morgan fingerprint density at radius 3 is 2.14 bits per heavy atom. The van der Waals surface area contributed by atoms with Gasteiger partial charge in [0, 0.05) is 6.42 Å². The number of alkyl halides is 6. The molecule has 4 fully saturated rings. The van der Waals surface area contributed by atoms with E-state index in [1.165, 1.54) is 11.5 Å². The topological polar surface area (TPSA) is 80.9 Å². The van der Waals surface area contributed by atoms with E-state index in [1.807, 2.05) is 6.08 Å². The summed E-state index contributed by atoms with van der Waals surface area (Å²) in [5.41, 5.74) is -4.61. The first-order valence-corrected chi connectivity index (χ1v) is 15.0. The van der Waals surface area contributed by atoms with Gasteiger partial charge in [-0.1, -0.05) is 36.1 Å². The van der Waals surface area contributed by atoms with Gasteiger partial charge in [0.15, 0.2) is 0 Å². The average Bonchev–Trinajstić information content (AvgIpc) is 3.41. The molecule has 4 aliphatic rings. The Bertz CT molecular complexity index is 1100. The van der Waals surface area contributed by atoms with Crippen LogP contribution in [0.1, 0.15) is 97.8 Å². The van der Waals surface area contributed by atoms with E-state index in [-0.39, 0.29) is 29.6 Å². The van der Waals surface area contributed by atoms with Crippen molar-refractivity contribution < 1.29 is 46.8 Å². The Morgan fingerprint density at radius 1 is 0.952 bits per heavy atom. The fourth-order valence-corrected chi connectivity index (χ4v) is 8.44. The highest BCUT2D eigenvalue weighted by atomic mass is 19.4. The van der Waals surface area contributed by atoms with Gasteiger partial charge in [0.2, 0.25) is 0 Å². The van der Waals surface area contributed by atoms with Gasteiger partial charge >= 0.3 is 18.0 Å². The number of allylic oxidation sites excluding steroid dienone is 3. The van der Waals surface area contributed by atoms with Crippen LogP contribution in [0.5, 0.6) is 0 Å². The van der Waals surface area contributed by atoms with Crippen LogP contribution in [0, 0.1) is 40.4 Å². The molecule has 10 heteroatoms. The minimum absolute atomic E-state index is 0.00496. The molecule has 42 heavy (non-hydrogen) atoms. The molecule has 4 saturated carbocycles. The molecule has 0 aromatic rings. The molecule has 0 heterocycles. The number of rotatable bonds is 6. The van der Waals surface area contributed by atoms with Gasteiger partial charge in [-0.3, -0.25) is 0 Å². The van der Waals surface area contributed by atoms with Gasteiger partial charge in [-0.05, 0) is 119 Å². The van der Waals surface area contributed by atoms with Crippen LogP contribution >= 0.6 is 0 Å². The number of halogens is 6. The molecule has 1 unspecified atom stereocenters. The van der Waals surface area contributed by atoms with E-state index in [9.17, 15) is 46.8 Å². The van der Waals surface area contributed by atoms with Crippen molar-refractivity contribution in [2.75, 3.05) is 0 Å². The predicted molar refractivity (Wildman–Crippen MR) is 146 cm³/mol. The molecule has 0 spiro atoms. The Balaban J connectivity index is 1.62. The zero-order valence-electron chi connectivity index (χ0n) is 24.6. The van der Waals surface area contributed by atoms with Gasteiger partial charge in [-0.2, -0.15) is 26.3 Å². The van der Waals surface area contributed by atoms with Gasteiger partial charge in [-0.15, -0.1) is 0 Å². The van der Waals surface area contributed by atoms with Crippen LogP contribution in [0.15, 0.2) is 23.3 Å². The van der Waals surface area contributed by atoms with Crippen molar-refractivity contribution in [3.05, 3.63) is 23.3 Å². The van der Waals surface area contributed by atoms with Crippen molar-refractivity contribution in [1.29, 1.82) is 0 Å². The summed E-state index contributed by atoms with van der Waals surface area (Å²) in [5, 5.41) is 40.0. The SMILES string of the molecule is CC(C)(O)CC[C@@H]1C[C@@]1(CC#CC(O)(C(F)(F)F)C(F)(F)F)[C@H]1CCC2/C(=C/C=C3C[C@@H](O)C[C@H](O)C3)CCC[C@@]21C. The molecule has 0 saturated heterocycles. The largest absolute Gasteiger partial charge is 0.438 e. The summed E-state index contributed by atoms with van der Waals surface area (Å²) in [5.74, 6) is 3.60. The lowest BCUT2D eigenvalue weighted by molar-refractivity contribution is -0.343. The molecule has 0 aromatic heterocycles. The maximum Gasteiger partial charge on any atom is 0.438 e. The zero-order valence-corrected chi connectivity index (χ0v) is 24.6. The molecular formula is C32H44F6O4. The van der Waals surface area contributed by atoms with Crippen molar-refractivity contribution in [3.63, 3.8) is 0 Å². The summed E-state index contributed by atoms with van der Waals surface area (Å²) >= 11 is 0. The van der Waals surface area contributed by atoms with E-state index in [2.05, 4.69) is 18.9 Å². The van der Waals surface area contributed by atoms with Gasteiger partial charge in [0.05, 0.1) is 17.8 Å². The van der Waals surface area contributed by atoms with Crippen LogP contribution in [0.4, 0.5) is 26.3 Å². The lowest BCUT2D eigenvalue weighted by Crippen LogP contribution is -2.55. The van der Waals surface area contributed by atoms with Crippen molar-refractivity contribution in [2.45, 2.75) is 134 Å². The molecule has 4 N–H and O–H groups in total. The van der Waals surface area contributed by atoms with E-state index >= 15 is 0 Å². The third-order valence-corrected chi connectivity index (χ3v) is 10.6. The second-order valence-corrected chi connectivity index (χ2v) is 14.2. The normalized spacial score (nSPS) is 36.8. The quantitative estimate of drug-likeness (QED) is 0.199. The zero-order chi connectivity index (χ0) is 31.4. The van der Waals surface area contributed by atoms with E-state index in [4.69, 9.17) is 0 Å². The minimum Gasteiger partial charge on any atom is -0.393 e. The van der Waals surface area contributed by atoms with Crippen LogP contribution in [-0.4, -0.2) is 56.2 Å². The number of aliphatic hydroxyl groups is 4. The molecular weight excluding hydrogens is 562 g/mol. The summed E-state index contributed by atoms with van der Waals surface area (Å²) in [7, 11) is 0. The van der Waals surface area contributed by atoms with Gasteiger partial charge in [-0.25, -0.2) is 0 Å². The summed E-state index contributed by atoms with van der Waals surface area (Å²) in [6.07, 6.45) is -1.86. The second-order valence-electron chi connectivity index (χ2n) is 14.2. The van der Waals surface area contributed by atoms with Crippen molar-refractivity contribution in [2.24, 2.45) is 28.6 Å². The Kier molecular flexibility index (Phi) is 9.08. The standard InChI is InChI=1S/C32H44F6O4/c1-27(2,41)15-11-22-19-29(22,13-5-14-30(42,31(33,34)35)32(36,37)38)26-10-9-25-21(6-4-12-28(25,26)3)8-7-20-16-23(39)18-24(40)17-20/h7-8,22-26,39-42H,4,6,9-13,15-19H2,1-3H3/b21-8+/t22-,23-,24-,25?,26+,28+,29-/m1/s1. The molecule has 0 amide bonds. The first-order valence-electron chi connectivity index (χ1n) is 15.0. The summed E-state index contributed by atoms with van der Waals surface area (Å²) in [6.45, 7) is 5.53. The highest BCUT2D eigenvalue weighted by molar-refractivity contribution is 5.29. The summed E-state index contributed by atoms with van der Waals surface area (Å²) in [6, 6.07) is 0. The lowest BCUT2D eigenvalue weighted by atomic mass is 9.59. The molecule has 0 radical (unpaired) electrons. The molecule has 238 valence electrons. The molecule has 7 atom stereocenters. The van der Waals surface area contributed by atoms with E-state index in [1.54, 1.807) is 13.8 Å². The lowest BCUT2D eigenvalue weighted by Gasteiger charge is -2.45. The first kappa shape index (κ1) is 33.4. The number of hydrogen-bond acceptors (Lipinski definition) is 4. The molecule has 4 rings (SSSR count). The van der Waals surface area contributed by atoms with E-state index < -0.39 is 41.2 Å². The van der Waals surface area contributed by atoms with Crippen molar-refractivity contribution in [3.8, 4) is 11.8 Å². The average molecular weight is 607 g/mol. The fourth-order valence-electron chi connectivity index (χ4n) is 8.44. The van der Waals surface area contributed by atoms with Crippen LogP contribution < -0.4 is 0 Å². The highest BCUT2D eigenvalue weighted by Crippen LogP contribution is 2.73. The smallest absolute Gasteiger partial charge is 0.393 e. The summed E-state index contributed by atoms with van der Waals surface area (Å²) in [4.78, 5) is 0. The van der Waals surface area contributed by atoms with Crippen molar-refractivity contribution >= 4 is 0 Å². The number of fused-ring (bicyclic) bond motifs is 1. The Labute approximate surface area is 244 Å².